The molecule has 16 heavy (non-hydrogen) atoms. The van der Waals surface area contributed by atoms with E-state index in [2.05, 4.69) is 15.3 Å². The van der Waals surface area contributed by atoms with Gasteiger partial charge in [-0.2, -0.15) is 13.2 Å². The van der Waals surface area contributed by atoms with Crippen molar-refractivity contribution in [3.63, 3.8) is 0 Å². The van der Waals surface area contributed by atoms with Crippen LogP contribution in [0.15, 0.2) is 12.4 Å². The van der Waals surface area contributed by atoms with E-state index in [1.165, 1.54) is 6.33 Å². The fourth-order valence-electron chi connectivity index (χ4n) is 1.22. The number of hydrogen-bond acceptors (Lipinski definition) is 3. The number of aryl methyl sites for hydroxylation is 1. The van der Waals surface area contributed by atoms with Gasteiger partial charge < -0.3 is 5.32 Å². The molecule has 0 radical (unpaired) electrons. The first-order valence-electron chi connectivity index (χ1n) is 5.13. The standard InChI is InChI=1S/C10H14F3N3/c1-2-3-8-6-9(16-7-15-8)14-5-4-10(11,12)13/h6-7H,2-5H2,1H3,(H,14,15,16). The topological polar surface area (TPSA) is 37.8 Å². The molecule has 0 fully saturated rings. The minimum absolute atomic E-state index is 0.161. The molecule has 0 amide bonds. The lowest BCUT2D eigenvalue weighted by atomic mass is 10.2. The van der Waals surface area contributed by atoms with E-state index in [1.807, 2.05) is 6.92 Å². The first-order chi connectivity index (χ1) is 7.51. The lowest BCUT2D eigenvalue weighted by Crippen LogP contribution is -2.15. The summed E-state index contributed by atoms with van der Waals surface area (Å²) >= 11 is 0. The molecule has 0 aromatic carbocycles. The summed E-state index contributed by atoms with van der Waals surface area (Å²) in [4.78, 5) is 7.86. The van der Waals surface area contributed by atoms with Crippen LogP contribution in [0.25, 0.3) is 0 Å². The average molecular weight is 233 g/mol. The third-order valence-corrected chi connectivity index (χ3v) is 1.94. The lowest BCUT2D eigenvalue weighted by molar-refractivity contribution is -0.131. The molecule has 1 N–H and O–H groups in total. The zero-order chi connectivity index (χ0) is 12.0. The Labute approximate surface area is 92.1 Å². The highest BCUT2D eigenvalue weighted by Crippen LogP contribution is 2.19. The van der Waals surface area contributed by atoms with Gasteiger partial charge >= 0.3 is 6.18 Å². The van der Waals surface area contributed by atoms with Gasteiger partial charge in [0.05, 0.1) is 6.42 Å². The van der Waals surface area contributed by atoms with Crippen molar-refractivity contribution in [2.45, 2.75) is 32.4 Å². The quantitative estimate of drug-likeness (QED) is 0.849. The van der Waals surface area contributed by atoms with Crippen molar-refractivity contribution in [3.05, 3.63) is 18.1 Å². The average Bonchev–Trinajstić information content (AvgIpc) is 2.17. The van der Waals surface area contributed by atoms with Crippen LogP contribution in [-0.4, -0.2) is 22.7 Å². The van der Waals surface area contributed by atoms with E-state index < -0.39 is 12.6 Å². The van der Waals surface area contributed by atoms with Crippen LogP contribution in [0.1, 0.15) is 25.5 Å². The second kappa shape index (κ2) is 5.67. The number of alkyl halides is 3. The first kappa shape index (κ1) is 12.7. The van der Waals surface area contributed by atoms with Crippen LogP contribution in [0.2, 0.25) is 0 Å². The number of hydrogen-bond donors (Lipinski definition) is 1. The summed E-state index contributed by atoms with van der Waals surface area (Å²) in [6.45, 7) is 1.85. The number of anilines is 1. The smallest absolute Gasteiger partial charge is 0.370 e. The number of nitrogens with one attached hydrogen (secondary N) is 1. The minimum Gasteiger partial charge on any atom is -0.370 e. The van der Waals surface area contributed by atoms with E-state index >= 15 is 0 Å². The van der Waals surface area contributed by atoms with Crippen molar-refractivity contribution in [3.8, 4) is 0 Å². The van der Waals surface area contributed by atoms with Crippen molar-refractivity contribution in [2.24, 2.45) is 0 Å². The SMILES string of the molecule is CCCc1cc(NCCC(F)(F)F)ncn1. The highest BCUT2D eigenvalue weighted by atomic mass is 19.4. The number of aromatic nitrogens is 2. The van der Waals surface area contributed by atoms with Crippen LogP contribution >= 0.6 is 0 Å². The third-order valence-electron chi connectivity index (χ3n) is 1.94. The molecule has 0 bridgehead atoms. The van der Waals surface area contributed by atoms with Crippen molar-refractivity contribution >= 4 is 5.82 Å². The van der Waals surface area contributed by atoms with E-state index in [1.54, 1.807) is 6.07 Å². The molecule has 90 valence electrons. The molecule has 0 aliphatic heterocycles. The van der Waals surface area contributed by atoms with E-state index in [0.29, 0.717) is 5.82 Å². The maximum atomic E-state index is 11.9. The maximum Gasteiger partial charge on any atom is 0.390 e. The highest BCUT2D eigenvalue weighted by molar-refractivity contribution is 5.34. The molecule has 0 saturated carbocycles. The molecular weight excluding hydrogens is 219 g/mol. The van der Waals surface area contributed by atoms with Crippen LogP contribution in [0.4, 0.5) is 19.0 Å². The Bertz CT molecular complexity index is 325. The van der Waals surface area contributed by atoms with Crippen molar-refractivity contribution in [1.82, 2.24) is 9.97 Å². The van der Waals surface area contributed by atoms with Crippen LogP contribution in [0, 0.1) is 0 Å². The summed E-state index contributed by atoms with van der Waals surface area (Å²) in [5.74, 6) is 0.447. The summed E-state index contributed by atoms with van der Waals surface area (Å²) in [6, 6.07) is 1.68. The molecule has 0 saturated heterocycles. The molecule has 0 unspecified atom stereocenters. The molecule has 1 rings (SSSR count). The predicted molar refractivity (Wildman–Crippen MR) is 55.2 cm³/mol. The Balaban J connectivity index is 2.44. The fraction of sp³-hybridized carbons (Fsp3) is 0.600. The predicted octanol–water partition coefficient (Wildman–Crippen LogP) is 2.79. The highest BCUT2D eigenvalue weighted by Gasteiger charge is 2.26. The molecule has 0 atom stereocenters. The van der Waals surface area contributed by atoms with Crippen LogP contribution < -0.4 is 5.32 Å². The summed E-state index contributed by atoms with van der Waals surface area (Å²) < 4.78 is 35.7. The van der Waals surface area contributed by atoms with Gasteiger partial charge in [0.25, 0.3) is 0 Å². The third kappa shape index (κ3) is 4.95. The van der Waals surface area contributed by atoms with Gasteiger partial charge in [-0.15, -0.1) is 0 Å². The van der Waals surface area contributed by atoms with Crippen molar-refractivity contribution < 1.29 is 13.2 Å². The van der Waals surface area contributed by atoms with Gasteiger partial charge in [0.2, 0.25) is 0 Å². The fourth-order valence-corrected chi connectivity index (χ4v) is 1.22. The van der Waals surface area contributed by atoms with Gasteiger partial charge in [-0.3, -0.25) is 0 Å². The molecule has 3 nitrogen and oxygen atoms in total. The van der Waals surface area contributed by atoms with Crippen molar-refractivity contribution in [1.29, 1.82) is 0 Å². The lowest BCUT2D eigenvalue weighted by Gasteiger charge is -2.08. The summed E-state index contributed by atoms with van der Waals surface area (Å²) in [5.41, 5.74) is 0.840. The van der Waals surface area contributed by atoms with E-state index in [9.17, 15) is 13.2 Å². The monoisotopic (exact) mass is 233 g/mol. The molecule has 0 spiro atoms. The Kier molecular flexibility index (Phi) is 4.52. The maximum absolute atomic E-state index is 11.9. The van der Waals surface area contributed by atoms with Crippen LogP contribution in [0.3, 0.4) is 0 Å². The Morgan fingerprint density at radius 1 is 1.31 bits per heavy atom. The molecule has 1 heterocycles. The van der Waals surface area contributed by atoms with E-state index in [4.69, 9.17) is 0 Å². The van der Waals surface area contributed by atoms with Gasteiger partial charge in [0.15, 0.2) is 0 Å². The molecule has 0 aliphatic carbocycles. The Hall–Kier alpha value is -1.33. The van der Waals surface area contributed by atoms with Crippen LogP contribution in [-0.2, 0) is 6.42 Å². The van der Waals surface area contributed by atoms with Crippen LogP contribution in [0.5, 0.6) is 0 Å². The first-order valence-corrected chi connectivity index (χ1v) is 5.13. The van der Waals surface area contributed by atoms with Gasteiger partial charge in [-0.05, 0) is 6.42 Å². The minimum atomic E-state index is -4.13. The van der Waals surface area contributed by atoms with E-state index in [-0.39, 0.29) is 6.54 Å². The van der Waals surface area contributed by atoms with Gasteiger partial charge in [-0.25, -0.2) is 9.97 Å². The molecule has 0 aliphatic rings. The summed E-state index contributed by atoms with van der Waals surface area (Å²) in [7, 11) is 0. The largest absolute Gasteiger partial charge is 0.390 e. The van der Waals surface area contributed by atoms with Crippen molar-refractivity contribution in [2.75, 3.05) is 11.9 Å². The van der Waals surface area contributed by atoms with Gasteiger partial charge in [0, 0.05) is 18.3 Å². The number of rotatable bonds is 5. The second-order valence-corrected chi connectivity index (χ2v) is 3.44. The molecular formula is C10H14F3N3. The zero-order valence-corrected chi connectivity index (χ0v) is 9.01. The normalized spacial score (nSPS) is 11.5. The number of halogens is 3. The molecule has 6 heteroatoms. The van der Waals surface area contributed by atoms with Gasteiger partial charge in [-0.1, -0.05) is 13.3 Å². The number of nitrogens with zero attached hydrogens (tertiary/aromatic N) is 2. The van der Waals surface area contributed by atoms with Gasteiger partial charge in [0.1, 0.15) is 12.1 Å². The Morgan fingerprint density at radius 3 is 2.69 bits per heavy atom. The molecule has 1 aromatic rings. The summed E-state index contributed by atoms with van der Waals surface area (Å²) in [6.07, 6.45) is -1.89. The summed E-state index contributed by atoms with van der Waals surface area (Å²) in [5, 5.41) is 2.63. The zero-order valence-electron chi connectivity index (χ0n) is 9.01. The van der Waals surface area contributed by atoms with E-state index in [0.717, 1.165) is 18.5 Å². The Morgan fingerprint density at radius 2 is 2.06 bits per heavy atom. The molecule has 1 aromatic heterocycles. The second-order valence-electron chi connectivity index (χ2n) is 3.44.